The predicted octanol–water partition coefficient (Wildman–Crippen LogP) is 2.44. The van der Waals surface area contributed by atoms with Crippen LogP contribution in [-0.2, 0) is 19.2 Å². The third-order valence-corrected chi connectivity index (χ3v) is 0.837. The van der Waals surface area contributed by atoms with Gasteiger partial charge in [-0.05, 0) is 27.7 Å². The lowest BCUT2D eigenvalue weighted by Gasteiger charge is -2.10. The maximum absolute atomic E-state index is 10.2. The van der Waals surface area contributed by atoms with E-state index in [2.05, 4.69) is 9.62 Å². The van der Waals surface area contributed by atoms with Crippen molar-refractivity contribution in [3.05, 3.63) is 0 Å². The van der Waals surface area contributed by atoms with Crippen LogP contribution in [0.25, 0.3) is 0 Å². The van der Waals surface area contributed by atoms with Crippen LogP contribution in [0.5, 0.6) is 0 Å². The fraction of sp³-hybridized carbons (Fsp3) is 0.818. The minimum absolute atomic E-state index is 0.262. The van der Waals surface area contributed by atoms with Gasteiger partial charge >= 0.3 is 5.97 Å². The normalized spacial score (nSPS) is 9.00. The Kier molecular flexibility index (Phi) is 15.5. The summed E-state index contributed by atoms with van der Waals surface area (Å²) < 4.78 is 4.31. The maximum atomic E-state index is 10.2. The van der Waals surface area contributed by atoms with Gasteiger partial charge in [0, 0.05) is 6.92 Å². The van der Waals surface area contributed by atoms with E-state index < -0.39 is 17.4 Å². The van der Waals surface area contributed by atoms with Gasteiger partial charge in [0.05, 0.1) is 12.2 Å². The van der Waals surface area contributed by atoms with Crippen LogP contribution in [0.4, 0.5) is 0 Å². The molecule has 0 unspecified atom stereocenters. The number of hydrogen-bond acceptors (Lipinski definition) is 5. The molecule has 0 amide bonds. The Labute approximate surface area is 97.7 Å². The SMILES string of the molecule is CC.CC(C)(C)OO.CCOC(=O)C(C)=O. The standard InChI is InChI=1S/C5H8O3.C4H10O2.C2H6/c1-3-8-5(7)4(2)6;1-4(2,3)6-5;1-2/h3H2,1-2H3;5H,1-3H3;1-2H3. The number of carbonyl (C=O) groups excluding carboxylic acids is 2. The van der Waals surface area contributed by atoms with Gasteiger partial charge in [0.15, 0.2) is 0 Å². The van der Waals surface area contributed by atoms with Crippen molar-refractivity contribution >= 4 is 11.8 Å². The summed E-state index contributed by atoms with van der Waals surface area (Å²) in [6.45, 7) is 12.4. The van der Waals surface area contributed by atoms with E-state index in [-0.39, 0.29) is 6.61 Å². The van der Waals surface area contributed by atoms with Gasteiger partial charge in [-0.2, -0.15) is 0 Å². The van der Waals surface area contributed by atoms with Crippen molar-refractivity contribution < 1.29 is 24.5 Å². The number of hydrogen-bond donors (Lipinski definition) is 1. The summed E-state index contributed by atoms with van der Waals surface area (Å²) >= 11 is 0. The number of esters is 1. The number of rotatable bonds is 2. The monoisotopic (exact) mass is 236 g/mol. The summed E-state index contributed by atoms with van der Waals surface area (Å²) in [5.41, 5.74) is -0.403. The van der Waals surface area contributed by atoms with Crippen molar-refractivity contribution in [1.29, 1.82) is 0 Å². The fourth-order valence-electron chi connectivity index (χ4n) is 0.233. The van der Waals surface area contributed by atoms with Gasteiger partial charge in [0.1, 0.15) is 0 Å². The van der Waals surface area contributed by atoms with Crippen LogP contribution in [0.15, 0.2) is 0 Å². The van der Waals surface area contributed by atoms with Gasteiger partial charge in [0.2, 0.25) is 5.78 Å². The van der Waals surface area contributed by atoms with Crippen molar-refractivity contribution in [2.45, 2.75) is 54.1 Å². The molecule has 0 saturated heterocycles. The highest BCUT2D eigenvalue weighted by Gasteiger charge is 2.07. The number of ketones is 1. The van der Waals surface area contributed by atoms with E-state index in [0.29, 0.717) is 0 Å². The van der Waals surface area contributed by atoms with Crippen LogP contribution >= 0.6 is 0 Å². The molecule has 98 valence electrons. The summed E-state index contributed by atoms with van der Waals surface area (Å²) in [5.74, 6) is -1.31. The van der Waals surface area contributed by atoms with Gasteiger partial charge < -0.3 is 4.74 Å². The van der Waals surface area contributed by atoms with Gasteiger partial charge in [0.25, 0.3) is 0 Å². The summed E-state index contributed by atoms with van der Waals surface area (Å²) in [6.07, 6.45) is 0. The highest BCUT2D eigenvalue weighted by atomic mass is 17.1. The molecule has 5 nitrogen and oxygen atoms in total. The lowest BCUT2D eigenvalue weighted by molar-refractivity contribution is -0.306. The second-order valence-electron chi connectivity index (χ2n) is 3.48. The van der Waals surface area contributed by atoms with Gasteiger partial charge in [-0.1, -0.05) is 13.8 Å². The Bertz CT molecular complexity index is 181. The first-order valence-electron chi connectivity index (χ1n) is 5.24. The van der Waals surface area contributed by atoms with Crippen molar-refractivity contribution in [3.63, 3.8) is 0 Å². The molecule has 16 heavy (non-hydrogen) atoms. The summed E-state index contributed by atoms with van der Waals surface area (Å²) in [5, 5.41) is 7.90. The van der Waals surface area contributed by atoms with Crippen LogP contribution in [0.1, 0.15) is 48.5 Å². The molecule has 0 fully saturated rings. The molecule has 0 aromatic carbocycles. The molecule has 0 aliphatic carbocycles. The highest BCUT2D eigenvalue weighted by Crippen LogP contribution is 2.01. The molecule has 5 heteroatoms. The van der Waals surface area contributed by atoms with Gasteiger partial charge in [-0.25, -0.2) is 9.68 Å². The van der Waals surface area contributed by atoms with Crippen molar-refractivity contribution in [1.82, 2.24) is 0 Å². The maximum Gasteiger partial charge on any atom is 0.374 e. The average molecular weight is 236 g/mol. The van der Waals surface area contributed by atoms with E-state index in [9.17, 15) is 9.59 Å². The van der Waals surface area contributed by atoms with Crippen molar-refractivity contribution in [2.24, 2.45) is 0 Å². The van der Waals surface area contributed by atoms with E-state index in [0.717, 1.165) is 0 Å². The van der Waals surface area contributed by atoms with Crippen LogP contribution in [0.2, 0.25) is 0 Å². The van der Waals surface area contributed by atoms with Crippen LogP contribution < -0.4 is 0 Å². The zero-order valence-corrected chi connectivity index (χ0v) is 11.3. The second-order valence-corrected chi connectivity index (χ2v) is 3.48. The molecule has 0 saturated carbocycles. The molecule has 0 aromatic rings. The molecule has 0 aromatic heterocycles. The zero-order chi connectivity index (χ0) is 13.8. The molecule has 0 aliphatic heterocycles. The molecule has 0 radical (unpaired) electrons. The first-order valence-corrected chi connectivity index (χ1v) is 5.24. The lowest BCUT2D eigenvalue weighted by atomic mass is 10.2. The lowest BCUT2D eigenvalue weighted by Crippen LogP contribution is -2.15. The Balaban J connectivity index is -0.000000188. The first kappa shape index (κ1) is 20.5. The Hall–Kier alpha value is -0.940. The molecule has 0 heterocycles. The third kappa shape index (κ3) is 23.1. The van der Waals surface area contributed by atoms with Crippen molar-refractivity contribution in [3.8, 4) is 0 Å². The minimum atomic E-state index is -0.757. The molecule has 0 rings (SSSR count). The predicted molar refractivity (Wildman–Crippen MR) is 62.1 cm³/mol. The smallest absolute Gasteiger partial charge is 0.374 e. The molecule has 0 spiro atoms. The Morgan fingerprint density at radius 1 is 1.19 bits per heavy atom. The van der Waals surface area contributed by atoms with Crippen LogP contribution in [-0.4, -0.2) is 29.2 Å². The number of ether oxygens (including phenoxy) is 1. The van der Waals surface area contributed by atoms with E-state index >= 15 is 0 Å². The summed E-state index contributed by atoms with van der Waals surface area (Å²) in [4.78, 5) is 24.2. The Morgan fingerprint density at radius 3 is 1.56 bits per heavy atom. The van der Waals surface area contributed by atoms with Gasteiger partial charge in [-0.15, -0.1) is 0 Å². The summed E-state index contributed by atoms with van der Waals surface area (Å²) in [7, 11) is 0. The number of carbonyl (C=O) groups is 2. The van der Waals surface area contributed by atoms with Gasteiger partial charge in [-0.3, -0.25) is 10.1 Å². The second kappa shape index (κ2) is 12.1. The van der Waals surface area contributed by atoms with E-state index in [4.69, 9.17) is 5.26 Å². The minimum Gasteiger partial charge on any atom is -0.460 e. The molecule has 0 bridgehead atoms. The average Bonchev–Trinajstić information content (AvgIpc) is 2.21. The molecule has 1 N–H and O–H groups in total. The Morgan fingerprint density at radius 2 is 1.50 bits per heavy atom. The van der Waals surface area contributed by atoms with E-state index in [1.807, 2.05) is 13.8 Å². The third-order valence-electron chi connectivity index (χ3n) is 0.837. The van der Waals surface area contributed by atoms with Crippen LogP contribution in [0.3, 0.4) is 0 Å². The fourth-order valence-corrected chi connectivity index (χ4v) is 0.233. The molecule has 0 aliphatic rings. The zero-order valence-electron chi connectivity index (χ0n) is 11.3. The van der Waals surface area contributed by atoms with E-state index in [1.54, 1.807) is 27.7 Å². The molecular weight excluding hydrogens is 212 g/mol. The first-order chi connectivity index (χ1) is 7.24. The largest absolute Gasteiger partial charge is 0.460 e. The highest BCUT2D eigenvalue weighted by molar-refractivity contribution is 6.32. The number of Topliss-reactive ketones (excluding diaryl/α,β-unsaturated/α-hetero) is 1. The quantitative estimate of drug-likeness (QED) is 0.345. The summed E-state index contributed by atoms with van der Waals surface area (Å²) in [6, 6.07) is 0. The molecule has 0 atom stereocenters. The van der Waals surface area contributed by atoms with Crippen molar-refractivity contribution in [2.75, 3.05) is 6.61 Å². The topological polar surface area (TPSA) is 72.8 Å². The van der Waals surface area contributed by atoms with Crippen LogP contribution in [0, 0.1) is 0 Å². The molecular formula is C11H24O5. The van der Waals surface area contributed by atoms with E-state index in [1.165, 1.54) is 6.92 Å².